The van der Waals surface area contributed by atoms with E-state index in [0.717, 1.165) is 11.3 Å². The smallest absolute Gasteiger partial charge is 0.172 e. The fourth-order valence-electron chi connectivity index (χ4n) is 4.31. The van der Waals surface area contributed by atoms with Crippen LogP contribution < -0.4 is 0 Å². The third kappa shape index (κ3) is 9.09. The summed E-state index contributed by atoms with van der Waals surface area (Å²) in [7, 11) is 0. The Labute approximate surface area is 219 Å². The van der Waals surface area contributed by atoms with Gasteiger partial charge in [0.05, 0.1) is 4.88 Å². The second-order valence-electron chi connectivity index (χ2n) is 9.41. The van der Waals surface area contributed by atoms with Gasteiger partial charge in [0, 0.05) is 30.8 Å². The predicted molar refractivity (Wildman–Crippen MR) is 155 cm³/mol. The lowest BCUT2D eigenvalue weighted by Gasteiger charge is -2.00. The fourth-order valence-corrected chi connectivity index (χ4v) is 7.52. The molecule has 0 amide bonds. The van der Waals surface area contributed by atoms with Crippen molar-refractivity contribution in [2.24, 2.45) is 0 Å². The Bertz CT molecular complexity index is 961. The molecule has 0 atom stereocenters. The molecule has 0 saturated carbocycles. The van der Waals surface area contributed by atoms with Crippen molar-refractivity contribution in [3.63, 3.8) is 0 Å². The highest BCUT2D eigenvalue weighted by Gasteiger charge is 2.13. The molecule has 3 aromatic heterocycles. The summed E-state index contributed by atoms with van der Waals surface area (Å²) in [5, 5.41) is 0. The highest BCUT2D eigenvalue weighted by Crippen LogP contribution is 2.40. The van der Waals surface area contributed by atoms with Gasteiger partial charge in [0.1, 0.15) is 0 Å². The molecule has 3 aromatic rings. The van der Waals surface area contributed by atoms with Crippen LogP contribution in [0, 0.1) is 0 Å². The Morgan fingerprint density at radius 2 is 1.06 bits per heavy atom. The first-order chi connectivity index (χ1) is 16.7. The summed E-state index contributed by atoms with van der Waals surface area (Å²) >= 11 is 5.47. The van der Waals surface area contributed by atoms with Crippen molar-refractivity contribution in [3.8, 4) is 19.5 Å². The van der Waals surface area contributed by atoms with E-state index in [2.05, 4.69) is 44.2 Å². The second kappa shape index (κ2) is 15.7. The van der Waals surface area contributed by atoms with Gasteiger partial charge in [0.25, 0.3) is 0 Å². The average Bonchev–Trinajstić information content (AvgIpc) is 3.60. The number of ketones is 1. The standard InChI is InChI=1S/C30H42OS3/c1-3-5-7-9-11-12-14-16-24-18-19-27(32-24)28-22-23-30(34-28)29-21-20-26(33-29)25(31)17-15-13-10-8-6-4-2/h18-23H,3-17H2,1-2H3. The first-order valence-electron chi connectivity index (χ1n) is 13.5. The minimum atomic E-state index is 0.316. The SMILES string of the molecule is CCCCCCCCCc1ccc(-c2ccc(-c3ccc(C(=O)CCCCCCCC)s3)s2)s1. The quantitative estimate of drug-likeness (QED) is 0.122. The molecule has 0 aromatic carbocycles. The summed E-state index contributed by atoms with van der Waals surface area (Å²) in [6, 6.07) is 13.3. The lowest BCUT2D eigenvalue weighted by Crippen LogP contribution is -1.95. The first kappa shape index (κ1) is 27.4. The molecule has 0 saturated heterocycles. The first-order valence-corrected chi connectivity index (χ1v) is 16.0. The molecule has 186 valence electrons. The number of hydrogen-bond acceptors (Lipinski definition) is 4. The van der Waals surface area contributed by atoms with Crippen LogP contribution in [0.15, 0.2) is 36.4 Å². The number of carbonyl (C=O) groups is 1. The summed E-state index contributed by atoms with van der Waals surface area (Å²) in [6.07, 6.45) is 18.8. The van der Waals surface area contributed by atoms with Crippen molar-refractivity contribution < 1.29 is 4.79 Å². The Morgan fingerprint density at radius 1 is 0.559 bits per heavy atom. The van der Waals surface area contributed by atoms with Crippen molar-refractivity contribution in [2.45, 2.75) is 110 Å². The van der Waals surface area contributed by atoms with Crippen LogP contribution in [0.5, 0.6) is 0 Å². The van der Waals surface area contributed by atoms with Crippen molar-refractivity contribution in [2.75, 3.05) is 0 Å². The van der Waals surface area contributed by atoms with Crippen LogP contribution in [-0.4, -0.2) is 5.78 Å². The van der Waals surface area contributed by atoms with Crippen molar-refractivity contribution in [3.05, 3.63) is 46.2 Å². The van der Waals surface area contributed by atoms with Crippen LogP contribution in [0.25, 0.3) is 19.5 Å². The maximum absolute atomic E-state index is 12.6. The zero-order chi connectivity index (χ0) is 24.0. The maximum atomic E-state index is 12.6. The van der Waals surface area contributed by atoms with Crippen LogP contribution >= 0.6 is 34.0 Å². The fraction of sp³-hybridized carbons (Fsp3) is 0.567. The maximum Gasteiger partial charge on any atom is 0.172 e. The molecule has 3 heterocycles. The zero-order valence-electron chi connectivity index (χ0n) is 21.2. The van der Waals surface area contributed by atoms with Crippen molar-refractivity contribution >= 4 is 39.8 Å². The topological polar surface area (TPSA) is 17.1 Å². The van der Waals surface area contributed by atoms with E-state index in [1.165, 1.54) is 108 Å². The van der Waals surface area contributed by atoms with E-state index < -0.39 is 0 Å². The normalized spacial score (nSPS) is 11.4. The molecule has 0 aliphatic heterocycles. The van der Waals surface area contributed by atoms with Gasteiger partial charge in [-0.2, -0.15) is 0 Å². The third-order valence-corrected chi connectivity index (χ3v) is 10.2. The van der Waals surface area contributed by atoms with E-state index >= 15 is 0 Å². The summed E-state index contributed by atoms with van der Waals surface area (Å²) in [4.78, 5) is 20.3. The van der Waals surface area contributed by atoms with E-state index in [1.807, 2.05) is 28.7 Å². The van der Waals surface area contributed by atoms with E-state index in [1.54, 1.807) is 11.3 Å². The number of unbranched alkanes of at least 4 members (excludes halogenated alkanes) is 11. The highest BCUT2D eigenvalue weighted by atomic mass is 32.1. The average molecular weight is 515 g/mol. The van der Waals surface area contributed by atoms with Gasteiger partial charge in [-0.05, 0) is 55.7 Å². The van der Waals surface area contributed by atoms with Gasteiger partial charge in [-0.3, -0.25) is 4.79 Å². The number of hydrogen-bond donors (Lipinski definition) is 0. The molecule has 34 heavy (non-hydrogen) atoms. The molecular weight excluding hydrogens is 473 g/mol. The van der Waals surface area contributed by atoms with E-state index in [-0.39, 0.29) is 0 Å². The molecule has 0 fully saturated rings. The van der Waals surface area contributed by atoms with E-state index in [9.17, 15) is 4.79 Å². The zero-order valence-corrected chi connectivity index (χ0v) is 23.7. The molecule has 0 spiro atoms. The molecule has 0 bridgehead atoms. The predicted octanol–water partition coefficient (Wildman–Crippen LogP) is 11.4. The molecule has 4 heteroatoms. The number of aryl methyl sites for hydroxylation is 1. The largest absolute Gasteiger partial charge is 0.293 e. The number of Topliss-reactive ketones (excluding diaryl/α,β-unsaturated/α-hetero) is 1. The Morgan fingerprint density at radius 3 is 1.74 bits per heavy atom. The van der Waals surface area contributed by atoms with E-state index in [4.69, 9.17) is 0 Å². The van der Waals surface area contributed by atoms with Gasteiger partial charge in [0.15, 0.2) is 5.78 Å². The van der Waals surface area contributed by atoms with Crippen molar-refractivity contribution in [1.82, 2.24) is 0 Å². The Kier molecular flexibility index (Phi) is 12.6. The Hall–Kier alpha value is -1.23. The van der Waals surface area contributed by atoms with Gasteiger partial charge in [-0.15, -0.1) is 34.0 Å². The molecule has 3 rings (SSSR count). The molecule has 0 unspecified atom stereocenters. The van der Waals surface area contributed by atoms with Crippen LogP contribution in [0.2, 0.25) is 0 Å². The molecule has 1 nitrogen and oxygen atoms in total. The van der Waals surface area contributed by atoms with Crippen LogP contribution in [0.3, 0.4) is 0 Å². The summed E-state index contributed by atoms with van der Waals surface area (Å²) in [6.45, 7) is 4.52. The Balaban J connectivity index is 1.45. The number of rotatable bonds is 18. The monoisotopic (exact) mass is 514 g/mol. The van der Waals surface area contributed by atoms with Crippen LogP contribution in [-0.2, 0) is 6.42 Å². The van der Waals surface area contributed by atoms with Crippen LogP contribution in [0.4, 0.5) is 0 Å². The molecule has 0 aliphatic carbocycles. The lowest BCUT2D eigenvalue weighted by atomic mass is 10.1. The van der Waals surface area contributed by atoms with Gasteiger partial charge in [-0.1, -0.05) is 84.5 Å². The van der Waals surface area contributed by atoms with Gasteiger partial charge in [0.2, 0.25) is 0 Å². The summed E-state index contributed by atoms with van der Waals surface area (Å²) in [5.74, 6) is 0.316. The van der Waals surface area contributed by atoms with E-state index in [0.29, 0.717) is 12.2 Å². The number of thiophene rings is 3. The lowest BCUT2D eigenvalue weighted by molar-refractivity contribution is 0.0983. The van der Waals surface area contributed by atoms with Crippen molar-refractivity contribution in [1.29, 1.82) is 0 Å². The number of carbonyl (C=O) groups excluding carboxylic acids is 1. The molecular formula is C30H42OS3. The van der Waals surface area contributed by atoms with Gasteiger partial charge >= 0.3 is 0 Å². The van der Waals surface area contributed by atoms with Crippen LogP contribution in [0.1, 0.15) is 118 Å². The summed E-state index contributed by atoms with van der Waals surface area (Å²) in [5.41, 5.74) is 0. The summed E-state index contributed by atoms with van der Waals surface area (Å²) < 4.78 is 0. The minimum absolute atomic E-state index is 0.316. The molecule has 0 N–H and O–H groups in total. The van der Waals surface area contributed by atoms with Gasteiger partial charge in [-0.25, -0.2) is 0 Å². The minimum Gasteiger partial charge on any atom is -0.293 e. The second-order valence-corrected chi connectivity index (χ2v) is 12.7. The van der Waals surface area contributed by atoms with Gasteiger partial charge < -0.3 is 0 Å². The highest BCUT2D eigenvalue weighted by molar-refractivity contribution is 7.26. The third-order valence-electron chi connectivity index (χ3n) is 6.42. The molecule has 0 aliphatic rings. The molecule has 0 radical (unpaired) electrons.